The fourth-order valence-electron chi connectivity index (χ4n) is 5.20. The second kappa shape index (κ2) is 44.9. The van der Waals surface area contributed by atoms with Gasteiger partial charge in [0.15, 0.2) is 0 Å². The Morgan fingerprint density at radius 3 is 1.19 bits per heavy atom. The van der Waals surface area contributed by atoms with Crippen molar-refractivity contribution in [1.82, 2.24) is 0 Å². The lowest BCUT2D eigenvalue weighted by Gasteiger charge is -2.15. The molecule has 0 aromatic heterocycles. The zero-order chi connectivity index (χ0) is 38.4. The van der Waals surface area contributed by atoms with Gasteiger partial charge in [0.25, 0.3) is 0 Å². The second-order valence-corrected chi connectivity index (χ2v) is 13.3. The van der Waals surface area contributed by atoms with Gasteiger partial charge in [-0.15, -0.1) is 0 Å². The van der Waals surface area contributed by atoms with Crippen LogP contribution in [0.15, 0.2) is 122 Å². The molecule has 53 heavy (non-hydrogen) atoms. The molecule has 0 aliphatic heterocycles. The fourth-order valence-corrected chi connectivity index (χ4v) is 5.20. The third kappa shape index (κ3) is 43.1. The van der Waals surface area contributed by atoms with Gasteiger partial charge in [0.2, 0.25) is 0 Å². The van der Waals surface area contributed by atoms with Gasteiger partial charge in [-0.1, -0.05) is 167 Å². The van der Waals surface area contributed by atoms with Gasteiger partial charge in [0.1, 0.15) is 6.10 Å². The number of allylic oxidation sites excluding steroid dienone is 20. The highest BCUT2D eigenvalue weighted by Crippen LogP contribution is 2.10. The first-order valence-corrected chi connectivity index (χ1v) is 21.1. The molecule has 1 unspecified atom stereocenters. The van der Waals surface area contributed by atoms with E-state index in [2.05, 4.69) is 135 Å². The SMILES string of the molecule is CC/C=C\C/C=C\C/C=C\C/C=C\C/C=C\CCCCCCCC(=O)OC(CO)COCCCCCC/C=C\C/C=C\C/C=C\C/C=C\C/C=C\CC. The highest BCUT2D eigenvalue weighted by atomic mass is 16.6. The Balaban J connectivity index is 3.60. The molecule has 0 aliphatic carbocycles. The molecule has 0 saturated heterocycles. The Kier molecular flexibility index (Phi) is 42.2. The first kappa shape index (κ1) is 49.8. The van der Waals surface area contributed by atoms with Gasteiger partial charge < -0.3 is 14.6 Å². The molecule has 0 heterocycles. The van der Waals surface area contributed by atoms with E-state index in [0.717, 1.165) is 109 Å². The molecule has 0 spiro atoms. The molecule has 0 amide bonds. The number of unbranched alkanes of at least 4 members (excludes halogenated alkanes) is 9. The number of carbonyl (C=O) groups excluding carboxylic acids is 1. The predicted molar refractivity (Wildman–Crippen MR) is 232 cm³/mol. The van der Waals surface area contributed by atoms with E-state index >= 15 is 0 Å². The zero-order valence-electron chi connectivity index (χ0n) is 34.0. The maximum Gasteiger partial charge on any atom is 0.306 e. The normalized spacial score (nSPS) is 13.6. The molecular weight excluding hydrogens is 653 g/mol. The number of aliphatic hydroxyl groups excluding tert-OH is 1. The summed E-state index contributed by atoms with van der Waals surface area (Å²) in [7, 11) is 0. The van der Waals surface area contributed by atoms with Crippen LogP contribution in [0.3, 0.4) is 0 Å². The molecule has 0 aromatic rings. The lowest BCUT2D eigenvalue weighted by Crippen LogP contribution is -2.27. The number of rotatable bonds is 37. The number of ether oxygens (including phenoxy) is 2. The highest BCUT2D eigenvalue weighted by molar-refractivity contribution is 5.69. The summed E-state index contributed by atoms with van der Waals surface area (Å²) in [6, 6.07) is 0. The van der Waals surface area contributed by atoms with Crippen LogP contribution in [0.1, 0.15) is 155 Å². The van der Waals surface area contributed by atoms with Crippen LogP contribution in [0.5, 0.6) is 0 Å². The third-order valence-corrected chi connectivity index (χ3v) is 8.28. The number of aliphatic hydroxyl groups is 1. The van der Waals surface area contributed by atoms with Crippen LogP contribution in [0.2, 0.25) is 0 Å². The molecule has 4 nitrogen and oxygen atoms in total. The Morgan fingerprint density at radius 1 is 0.453 bits per heavy atom. The molecule has 0 saturated carbocycles. The highest BCUT2D eigenvalue weighted by Gasteiger charge is 2.13. The summed E-state index contributed by atoms with van der Waals surface area (Å²) in [4.78, 5) is 12.2. The lowest BCUT2D eigenvalue weighted by molar-refractivity contribution is -0.154. The van der Waals surface area contributed by atoms with E-state index in [1.807, 2.05) is 0 Å². The summed E-state index contributed by atoms with van der Waals surface area (Å²) < 4.78 is 11.1. The fraction of sp³-hybridized carbons (Fsp3) is 0.571. The summed E-state index contributed by atoms with van der Waals surface area (Å²) in [5, 5.41) is 9.60. The molecule has 298 valence electrons. The zero-order valence-corrected chi connectivity index (χ0v) is 34.0. The van der Waals surface area contributed by atoms with Crippen molar-refractivity contribution in [3.63, 3.8) is 0 Å². The molecule has 1 N–H and O–H groups in total. The first-order valence-electron chi connectivity index (χ1n) is 21.1. The van der Waals surface area contributed by atoms with Crippen molar-refractivity contribution in [3.05, 3.63) is 122 Å². The number of hydrogen-bond donors (Lipinski definition) is 1. The molecule has 0 fully saturated rings. The van der Waals surface area contributed by atoms with E-state index in [9.17, 15) is 9.90 Å². The largest absolute Gasteiger partial charge is 0.457 e. The van der Waals surface area contributed by atoms with Crippen LogP contribution in [0, 0.1) is 0 Å². The molecule has 0 radical (unpaired) electrons. The van der Waals surface area contributed by atoms with E-state index in [-0.39, 0.29) is 19.2 Å². The predicted octanol–water partition coefficient (Wildman–Crippen LogP) is 14.1. The molecule has 4 heteroatoms. The molecule has 0 aliphatic rings. The monoisotopic (exact) mass is 731 g/mol. The average Bonchev–Trinajstić information content (AvgIpc) is 3.16. The van der Waals surface area contributed by atoms with Crippen LogP contribution in [0.25, 0.3) is 0 Å². The molecule has 0 aromatic carbocycles. The minimum Gasteiger partial charge on any atom is -0.457 e. The number of esters is 1. The van der Waals surface area contributed by atoms with Crippen molar-refractivity contribution in [2.75, 3.05) is 19.8 Å². The topological polar surface area (TPSA) is 55.8 Å². The van der Waals surface area contributed by atoms with E-state index < -0.39 is 6.10 Å². The van der Waals surface area contributed by atoms with Gasteiger partial charge in [-0.3, -0.25) is 4.79 Å². The smallest absolute Gasteiger partial charge is 0.306 e. The van der Waals surface area contributed by atoms with Crippen molar-refractivity contribution in [1.29, 1.82) is 0 Å². The van der Waals surface area contributed by atoms with Crippen molar-refractivity contribution >= 4 is 5.97 Å². The minimum atomic E-state index is -0.568. The maximum atomic E-state index is 12.2. The van der Waals surface area contributed by atoms with Gasteiger partial charge in [-0.05, 0) is 103 Å². The van der Waals surface area contributed by atoms with Crippen LogP contribution >= 0.6 is 0 Å². The Labute approximate surface area is 327 Å². The summed E-state index contributed by atoms with van der Waals surface area (Å²) in [5.74, 6) is -0.235. The van der Waals surface area contributed by atoms with Gasteiger partial charge in [0.05, 0.1) is 13.2 Å². The van der Waals surface area contributed by atoms with E-state index in [1.165, 1.54) is 25.7 Å². The van der Waals surface area contributed by atoms with Crippen molar-refractivity contribution < 1.29 is 19.4 Å². The Bertz CT molecular complexity index is 1080. The van der Waals surface area contributed by atoms with Crippen LogP contribution in [-0.2, 0) is 14.3 Å². The lowest BCUT2D eigenvalue weighted by atomic mass is 10.1. The van der Waals surface area contributed by atoms with E-state index in [4.69, 9.17) is 9.47 Å². The van der Waals surface area contributed by atoms with Gasteiger partial charge in [-0.25, -0.2) is 0 Å². The van der Waals surface area contributed by atoms with Crippen molar-refractivity contribution in [2.45, 2.75) is 161 Å². The maximum absolute atomic E-state index is 12.2. The quantitative estimate of drug-likeness (QED) is 0.0393. The van der Waals surface area contributed by atoms with Crippen LogP contribution in [0.4, 0.5) is 0 Å². The van der Waals surface area contributed by atoms with Crippen LogP contribution < -0.4 is 0 Å². The molecular formula is C49H78O4. The van der Waals surface area contributed by atoms with Gasteiger partial charge in [0, 0.05) is 13.0 Å². The standard InChI is InChI=1S/C49H78O4/c1-3-5-7-9-11-13-15-17-19-21-23-25-26-28-30-32-34-36-38-40-42-44-49(51)53-48(46-50)47-52-45-43-41-39-37-35-33-31-29-27-24-22-20-18-16-14-12-10-8-6-4-2/h5-8,11-14,17-20,23-25,27-28,30-31,33,48,50H,3-4,9-10,15-16,21-22,26,29,32,34-47H2,1-2H3/b7-5-,8-6-,13-11-,14-12-,19-17-,20-18-,25-23-,27-24-,30-28-,33-31-. The Morgan fingerprint density at radius 2 is 0.792 bits per heavy atom. The summed E-state index contributed by atoms with van der Waals surface area (Å²) >= 11 is 0. The van der Waals surface area contributed by atoms with Crippen molar-refractivity contribution in [3.8, 4) is 0 Å². The second-order valence-electron chi connectivity index (χ2n) is 13.3. The minimum absolute atomic E-state index is 0.200. The van der Waals surface area contributed by atoms with E-state index in [0.29, 0.717) is 13.0 Å². The molecule has 1 atom stereocenters. The van der Waals surface area contributed by atoms with Crippen molar-refractivity contribution in [2.24, 2.45) is 0 Å². The van der Waals surface area contributed by atoms with Gasteiger partial charge in [-0.2, -0.15) is 0 Å². The average molecular weight is 731 g/mol. The molecule has 0 bridgehead atoms. The Hall–Kier alpha value is -3.21. The molecule has 0 rings (SSSR count). The van der Waals surface area contributed by atoms with E-state index in [1.54, 1.807) is 0 Å². The van der Waals surface area contributed by atoms with Gasteiger partial charge >= 0.3 is 5.97 Å². The third-order valence-electron chi connectivity index (χ3n) is 8.28. The van der Waals surface area contributed by atoms with Crippen LogP contribution in [-0.4, -0.2) is 37.0 Å². The summed E-state index contributed by atoms with van der Waals surface area (Å²) in [5.41, 5.74) is 0. The summed E-state index contributed by atoms with van der Waals surface area (Å²) in [6.45, 7) is 5.01. The first-order chi connectivity index (χ1) is 26.2. The number of hydrogen-bond acceptors (Lipinski definition) is 4. The summed E-state index contributed by atoms with van der Waals surface area (Å²) in [6.07, 6.45) is 66.8. The number of carbonyl (C=O) groups is 1.